The van der Waals surface area contributed by atoms with Crippen molar-refractivity contribution in [3.63, 3.8) is 0 Å². The van der Waals surface area contributed by atoms with Crippen molar-refractivity contribution in [1.82, 2.24) is 9.78 Å². The fourth-order valence-corrected chi connectivity index (χ4v) is 2.20. The van der Waals surface area contributed by atoms with E-state index in [1.807, 2.05) is 6.92 Å². The molecule has 7 nitrogen and oxygen atoms in total. The first-order chi connectivity index (χ1) is 8.58. The van der Waals surface area contributed by atoms with Crippen molar-refractivity contribution >= 4 is 11.5 Å². The largest absolute Gasteiger partial charge is 0.360 e. The predicted octanol–water partition coefficient (Wildman–Crippen LogP) is 1.04. The standard InChI is InChI=1S/C11H19N5O2/c1-3-8-10(16(17)18)11(15(2)14-8)13-9(6-12)7-4-5-7/h7,9,13H,3-6,12H2,1-2H3. The van der Waals surface area contributed by atoms with Crippen molar-refractivity contribution in [2.45, 2.75) is 32.2 Å². The lowest BCUT2D eigenvalue weighted by Crippen LogP contribution is -2.31. The van der Waals surface area contributed by atoms with Crippen LogP contribution in [0.1, 0.15) is 25.5 Å². The molecule has 1 fully saturated rings. The number of rotatable bonds is 6. The van der Waals surface area contributed by atoms with Crippen LogP contribution >= 0.6 is 0 Å². The van der Waals surface area contributed by atoms with Gasteiger partial charge in [0.1, 0.15) is 5.69 Å². The van der Waals surface area contributed by atoms with Crippen LogP contribution in [0, 0.1) is 16.0 Å². The monoisotopic (exact) mass is 253 g/mol. The molecule has 1 saturated carbocycles. The summed E-state index contributed by atoms with van der Waals surface area (Å²) in [5.74, 6) is 1.01. The van der Waals surface area contributed by atoms with Gasteiger partial charge in [-0.1, -0.05) is 6.92 Å². The highest BCUT2D eigenvalue weighted by atomic mass is 16.6. The van der Waals surface area contributed by atoms with Crippen LogP contribution in [0.3, 0.4) is 0 Å². The Morgan fingerprint density at radius 2 is 2.33 bits per heavy atom. The highest BCUT2D eigenvalue weighted by Crippen LogP contribution is 2.36. The van der Waals surface area contributed by atoms with Crippen LogP contribution in [0.15, 0.2) is 0 Å². The van der Waals surface area contributed by atoms with Gasteiger partial charge in [0.25, 0.3) is 0 Å². The molecule has 100 valence electrons. The van der Waals surface area contributed by atoms with E-state index in [9.17, 15) is 10.1 Å². The molecule has 0 amide bonds. The summed E-state index contributed by atoms with van der Waals surface area (Å²) in [4.78, 5) is 10.8. The van der Waals surface area contributed by atoms with Gasteiger partial charge in [0, 0.05) is 19.6 Å². The zero-order chi connectivity index (χ0) is 13.3. The predicted molar refractivity (Wildman–Crippen MR) is 68.4 cm³/mol. The van der Waals surface area contributed by atoms with Gasteiger partial charge >= 0.3 is 5.69 Å². The topological polar surface area (TPSA) is 99.0 Å². The second-order valence-electron chi connectivity index (χ2n) is 4.70. The first-order valence-electron chi connectivity index (χ1n) is 6.25. The molecule has 1 heterocycles. The highest BCUT2D eigenvalue weighted by molar-refractivity contribution is 5.60. The fraction of sp³-hybridized carbons (Fsp3) is 0.727. The second kappa shape index (κ2) is 4.93. The number of aromatic nitrogens is 2. The Hall–Kier alpha value is -1.63. The number of hydrogen-bond donors (Lipinski definition) is 2. The minimum atomic E-state index is -0.366. The number of nitrogens with two attached hydrogens (primary N) is 1. The molecule has 1 aromatic heterocycles. The molecule has 1 aliphatic carbocycles. The van der Waals surface area contributed by atoms with E-state index in [2.05, 4.69) is 10.4 Å². The number of nitrogens with zero attached hydrogens (tertiary/aromatic N) is 3. The molecule has 1 unspecified atom stereocenters. The van der Waals surface area contributed by atoms with E-state index in [-0.39, 0.29) is 16.7 Å². The number of nitrogens with one attached hydrogen (secondary N) is 1. The summed E-state index contributed by atoms with van der Waals surface area (Å²) in [7, 11) is 1.72. The highest BCUT2D eigenvalue weighted by Gasteiger charge is 2.34. The summed E-state index contributed by atoms with van der Waals surface area (Å²) >= 11 is 0. The molecular weight excluding hydrogens is 234 g/mol. The molecule has 3 N–H and O–H groups in total. The lowest BCUT2D eigenvalue weighted by atomic mass is 10.2. The van der Waals surface area contributed by atoms with Crippen LogP contribution in [0.25, 0.3) is 0 Å². The number of anilines is 1. The summed E-state index contributed by atoms with van der Waals surface area (Å²) in [6.45, 7) is 2.34. The van der Waals surface area contributed by atoms with Crippen LogP contribution in [0.5, 0.6) is 0 Å². The third-order valence-corrected chi connectivity index (χ3v) is 3.38. The van der Waals surface area contributed by atoms with E-state index in [1.165, 1.54) is 0 Å². The van der Waals surface area contributed by atoms with Crippen molar-refractivity contribution in [2.75, 3.05) is 11.9 Å². The molecule has 18 heavy (non-hydrogen) atoms. The van der Waals surface area contributed by atoms with Crippen molar-refractivity contribution < 1.29 is 4.92 Å². The van der Waals surface area contributed by atoms with E-state index >= 15 is 0 Å². The fourth-order valence-electron chi connectivity index (χ4n) is 2.20. The van der Waals surface area contributed by atoms with Gasteiger partial charge in [-0.3, -0.25) is 10.1 Å². The summed E-state index contributed by atoms with van der Waals surface area (Å²) in [5.41, 5.74) is 6.31. The van der Waals surface area contributed by atoms with Crippen LogP contribution < -0.4 is 11.1 Å². The van der Waals surface area contributed by atoms with E-state index in [1.54, 1.807) is 11.7 Å². The second-order valence-corrected chi connectivity index (χ2v) is 4.70. The molecule has 0 aliphatic heterocycles. The molecule has 0 spiro atoms. The molecule has 0 radical (unpaired) electrons. The number of hydrogen-bond acceptors (Lipinski definition) is 5. The van der Waals surface area contributed by atoms with E-state index in [0.717, 1.165) is 12.8 Å². The molecule has 0 bridgehead atoms. The summed E-state index contributed by atoms with van der Waals surface area (Å²) < 4.78 is 1.54. The Labute approximate surface area is 105 Å². The summed E-state index contributed by atoms with van der Waals surface area (Å²) in [5, 5.41) is 18.5. The molecule has 0 saturated heterocycles. The minimum Gasteiger partial charge on any atom is -0.360 e. The Bertz CT molecular complexity index is 453. The SMILES string of the molecule is CCc1nn(C)c(NC(CN)C2CC2)c1[N+](=O)[O-]. The first kappa shape index (κ1) is 12.8. The maximum Gasteiger partial charge on any atom is 0.333 e. The molecule has 2 rings (SSSR count). The lowest BCUT2D eigenvalue weighted by molar-refractivity contribution is -0.384. The van der Waals surface area contributed by atoms with Crippen molar-refractivity contribution in [3.8, 4) is 0 Å². The zero-order valence-electron chi connectivity index (χ0n) is 10.7. The molecular formula is C11H19N5O2. The maximum absolute atomic E-state index is 11.2. The van der Waals surface area contributed by atoms with Gasteiger partial charge in [0.15, 0.2) is 0 Å². The van der Waals surface area contributed by atoms with Crippen LogP contribution in [0.2, 0.25) is 0 Å². The van der Waals surface area contributed by atoms with Gasteiger partial charge in [-0.05, 0) is 25.2 Å². The maximum atomic E-state index is 11.2. The minimum absolute atomic E-state index is 0.0825. The Morgan fingerprint density at radius 1 is 1.67 bits per heavy atom. The average molecular weight is 253 g/mol. The van der Waals surface area contributed by atoms with Gasteiger partial charge in [-0.2, -0.15) is 5.10 Å². The van der Waals surface area contributed by atoms with Gasteiger partial charge < -0.3 is 11.1 Å². The summed E-state index contributed by atoms with van der Waals surface area (Å²) in [6.07, 6.45) is 2.82. The third kappa shape index (κ3) is 2.31. The van der Waals surface area contributed by atoms with Gasteiger partial charge in [-0.25, -0.2) is 4.68 Å². The first-order valence-corrected chi connectivity index (χ1v) is 6.25. The lowest BCUT2D eigenvalue weighted by Gasteiger charge is -2.16. The van der Waals surface area contributed by atoms with Crippen LogP contribution in [0.4, 0.5) is 11.5 Å². The van der Waals surface area contributed by atoms with Crippen LogP contribution in [-0.2, 0) is 13.5 Å². The molecule has 1 atom stereocenters. The van der Waals surface area contributed by atoms with Crippen LogP contribution in [-0.4, -0.2) is 27.3 Å². The Kier molecular flexibility index (Phi) is 3.51. The van der Waals surface area contributed by atoms with E-state index < -0.39 is 0 Å². The molecule has 1 aliphatic rings. The molecule has 0 aromatic carbocycles. The summed E-state index contributed by atoms with van der Waals surface area (Å²) in [6, 6.07) is 0.101. The zero-order valence-corrected chi connectivity index (χ0v) is 10.7. The smallest absolute Gasteiger partial charge is 0.333 e. The van der Waals surface area contributed by atoms with E-state index in [4.69, 9.17) is 5.73 Å². The average Bonchev–Trinajstić information content (AvgIpc) is 3.11. The van der Waals surface area contributed by atoms with Gasteiger partial charge in [0.2, 0.25) is 5.82 Å². The Balaban J connectivity index is 2.30. The van der Waals surface area contributed by atoms with Gasteiger partial charge in [0.05, 0.1) is 4.92 Å². The third-order valence-electron chi connectivity index (χ3n) is 3.38. The van der Waals surface area contributed by atoms with E-state index in [0.29, 0.717) is 30.4 Å². The quantitative estimate of drug-likeness (QED) is 0.583. The normalized spacial score (nSPS) is 16.6. The Morgan fingerprint density at radius 3 is 2.78 bits per heavy atom. The van der Waals surface area contributed by atoms with Crippen molar-refractivity contribution in [2.24, 2.45) is 18.7 Å². The molecule has 1 aromatic rings. The van der Waals surface area contributed by atoms with Gasteiger partial charge in [-0.15, -0.1) is 0 Å². The van der Waals surface area contributed by atoms with Crippen molar-refractivity contribution in [3.05, 3.63) is 15.8 Å². The molecule has 7 heteroatoms. The number of aryl methyl sites for hydroxylation is 2. The number of nitro groups is 1. The van der Waals surface area contributed by atoms with Crippen molar-refractivity contribution in [1.29, 1.82) is 0 Å².